The van der Waals surface area contributed by atoms with Crippen molar-refractivity contribution in [2.75, 3.05) is 0 Å². The number of alkyl halides is 3. The molecule has 1 amide bonds. The average Bonchev–Trinajstić information content (AvgIpc) is 2.26. The molecular formula is C12H8F3NO. The molecule has 0 heterocycles. The Morgan fingerprint density at radius 1 is 1.06 bits per heavy atom. The zero-order chi connectivity index (χ0) is 12.6. The van der Waals surface area contributed by atoms with Crippen molar-refractivity contribution in [2.45, 2.75) is 6.18 Å². The van der Waals surface area contributed by atoms with E-state index in [0.717, 1.165) is 6.07 Å². The molecule has 0 spiro atoms. The van der Waals surface area contributed by atoms with Crippen LogP contribution >= 0.6 is 0 Å². The minimum absolute atomic E-state index is 0.217. The number of rotatable bonds is 1. The van der Waals surface area contributed by atoms with Crippen LogP contribution < -0.4 is 5.73 Å². The third-order valence-electron chi connectivity index (χ3n) is 2.48. The van der Waals surface area contributed by atoms with E-state index in [1.54, 1.807) is 18.2 Å². The van der Waals surface area contributed by atoms with Gasteiger partial charge in [0, 0.05) is 0 Å². The first kappa shape index (κ1) is 11.4. The summed E-state index contributed by atoms with van der Waals surface area (Å²) in [7, 11) is 0. The van der Waals surface area contributed by atoms with Gasteiger partial charge in [-0.05, 0) is 16.8 Å². The van der Waals surface area contributed by atoms with Crippen molar-refractivity contribution in [1.29, 1.82) is 0 Å². The highest BCUT2D eigenvalue weighted by molar-refractivity contribution is 6.07. The first-order valence-electron chi connectivity index (χ1n) is 4.80. The Bertz CT molecular complexity index is 590. The largest absolute Gasteiger partial charge is 0.417 e. The van der Waals surface area contributed by atoms with Crippen LogP contribution in [0.5, 0.6) is 0 Å². The fourth-order valence-electron chi connectivity index (χ4n) is 1.77. The maximum absolute atomic E-state index is 12.7. The van der Waals surface area contributed by atoms with Gasteiger partial charge >= 0.3 is 6.18 Å². The molecule has 0 saturated heterocycles. The molecule has 88 valence electrons. The maximum Gasteiger partial charge on any atom is 0.417 e. The van der Waals surface area contributed by atoms with E-state index >= 15 is 0 Å². The van der Waals surface area contributed by atoms with Crippen LogP contribution in [0, 0.1) is 0 Å². The van der Waals surface area contributed by atoms with Crippen LogP contribution in [0.2, 0.25) is 0 Å². The van der Waals surface area contributed by atoms with Crippen molar-refractivity contribution in [3.8, 4) is 0 Å². The minimum Gasteiger partial charge on any atom is -0.366 e. The lowest BCUT2D eigenvalue weighted by Gasteiger charge is -2.12. The van der Waals surface area contributed by atoms with Crippen molar-refractivity contribution in [1.82, 2.24) is 0 Å². The number of primary amides is 1. The number of hydrogen-bond donors (Lipinski definition) is 1. The van der Waals surface area contributed by atoms with E-state index in [9.17, 15) is 18.0 Å². The van der Waals surface area contributed by atoms with E-state index in [4.69, 9.17) is 5.73 Å². The van der Waals surface area contributed by atoms with E-state index in [1.807, 2.05) is 0 Å². The molecule has 2 nitrogen and oxygen atoms in total. The van der Waals surface area contributed by atoms with Crippen LogP contribution in [0.4, 0.5) is 13.2 Å². The van der Waals surface area contributed by atoms with Crippen LogP contribution in [0.15, 0.2) is 36.4 Å². The molecule has 0 radical (unpaired) electrons. The number of carbonyl (C=O) groups is 1. The second-order valence-corrected chi connectivity index (χ2v) is 3.57. The molecule has 0 aliphatic rings. The molecule has 0 aliphatic carbocycles. The molecule has 5 heteroatoms. The van der Waals surface area contributed by atoms with Gasteiger partial charge in [0.1, 0.15) is 0 Å². The van der Waals surface area contributed by atoms with E-state index in [1.165, 1.54) is 12.1 Å². The summed E-state index contributed by atoms with van der Waals surface area (Å²) < 4.78 is 38.2. The molecule has 0 atom stereocenters. The van der Waals surface area contributed by atoms with Crippen molar-refractivity contribution < 1.29 is 18.0 Å². The summed E-state index contributed by atoms with van der Waals surface area (Å²) in [5.41, 5.74) is 3.57. The molecule has 0 aromatic heterocycles. The number of amides is 1. The van der Waals surface area contributed by atoms with Gasteiger partial charge in [0.2, 0.25) is 5.91 Å². The summed E-state index contributed by atoms with van der Waals surface area (Å²) in [5, 5.41) is 0.768. The summed E-state index contributed by atoms with van der Waals surface area (Å²) in [6.45, 7) is 0. The van der Waals surface area contributed by atoms with Gasteiger partial charge in [-0.2, -0.15) is 13.2 Å². The minimum atomic E-state index is -4.59. The number of nitrogens with two attached hydrogens (primary N) is 1. The van der Waals surface area contributed by atoms with Crippen LogP contribution in [0.3, 0.4) is 0 Å². The van der Waals surface area contributed by atoms with Crippen molar-refractivity contribution in [3.05, 3.63) is 47.5 Å². The van der Waals surface area contributed by atoms with E-state index in [0.29, 0.717) is 5.39 Å². The van der Waals surface area contributed by atoms with Gasteiger partial charge in [-0.1, -0.05) is 30.3 Å². The zero-order valence-electron chi connectivity index (χ0n) is 8.58. The quantitative estimate of drug-likeness (QED) is 0.816. The van der Waals surface area contributed by atoms with Gasteiger partial charge in [-0.25, -0.2) is 0 Å². The molecule has 0 unspecified atom stereocenters. The Morgan fingerprint density at radius 2 is 1.71 bits per heavy atom. The van der Waals surface area contributed by atoms with Gasteiger partial charge in [-0.15, -0.1) is 0 Å². The molecule has 2 N–H and O–H groups in total. The smallest absolute Gasteiger partial charge is 0.366 e. The van der Waals surface area contributed by atoms with E-state index in [-0.39, 0.29) is 5.39 Å². The molecular weight excluding hydrogens is 231 g/mol. The lowest BCUT2D eigenvalue weighted by Crippen LogP contribution is -2.19. The van der Waals surface area contributed by atoms with Gasteiger partial charge in [-0.3, -0.25) is 4.79 Å². The van der Waals surface area contributed by atoms with Gasteiger partial charge in [0.05, 0.1) is 11.1 Å². The molecule has 0 fully saturated rings. The lowest BCUT2D eigenvalue weighted by atomic mass is 9.98. The second kappa shape index (κ2) is 3.76. The Morgan fingerprint density at radius 3 is 2.29 bits per heavy atom. The SMILES string of the molecule is NC(=O)c1c(C(F)(F)F)ccc2ccccc12. The van der Waals surface area contributed by atoms with E-state index in [2.05, 4.69) is 0 Å². The Hall–Kier alpha value is -2.04. The van der Waals surface area contributed by atoms with Crippen LogP contribution in [0.1, 0.15) is 15.9 Å². The van der Waals surface area contributed by atoms with Crippen LogP contribution in [-0.2, 0) is 6.18 Å². The van der Waals surface area contributed by atoms with Crippen molar-refractivity contribution in [3.63, 3.8) is 0 Å². The van der Waals surface area contributed by atoms with Crippen LogP contribution in [0.25, 0.3) is 10.8 Å². The summed E-state index contributed by atoms with van der Waals surface area (Å²) in [5.74, 6) is -1.07. The normalized spacial score (nSPS) is 11.7. The molecule has 0 aliphatic heterocycles. The predicted octanol–water partition coefficient (Wildman–Crippen LogP) is 2.96. The number of benzene rings is 2. The molecule has 2 aromatic carbocycles. The molecule has 0 bridgehead atoms. The second-order valence-electron chi connectivity index (χ2n) is 3.57. The molecule has 2 rings (SSSR count). The topological polar surface area (TPSA) is 43.1 Å². The highest BCUT2D eigenvalue weighted by Gasteiger charge is 2.35. The number of fused-ring (bicyclic) bond motifs is 1. The highest BCUT2D eigenvalue weighted by atomic mass is 19.4. The average molecular weight is 239 g/mol. The first-order valence-corrected chi connectivity index (χ1v) is 4.80. The lowest BCUT2D eigenvalue weighted by molar-refractivity contribution is -0.137. The summed E-state index contributed by atoms with van der Waals surface area (Å²) in [6.07, 6.45) is -4.59. The molecule has 0 saturated carbocycles. The predicted molar refractivity (Wildman–Crippen MR) is 57.5 cm³/mol. The standard InChI is InChI=1S/C12H8F3NO/c13-12(14,15)9-6-5-7-3-1-2-4-8(7)10(9)11(16)17/h1-6H,(H2,16,17). The number of halogens is 3. The number of hydrogen-bond acceptors (Lipinski definition) is 1. The Labute approximate surface area is 94.8 Å². The van der Waals surface area contributed by atoms with Gasteiger partial charge in [0.25, 0.3) is 0 Å². The van der Waals surface area contributed by atoms with Crippen molar-refractivity contribution >= 4 is 16.7 Å². The van der Waals surface area contributed by atoms with Gasteiger partial charge in [0.15, 0.2) is 0 Å². The fourth-order valence-corrected chi connectivity index (χ4v) is 1.77. The molecule has 17 heavy (non-hydrogen) atoms. The fraction of sp³-hybridized carbons (Fsp3) is 0.0833. The van der Waals surface area contributed by atoms with Crippen LogP contribution in [-0.4, -0.2) is 5.91 Å². The van der Waals surface area contributed by atoms with Crippen molar-refractivity contribution in [2.24, 2.45) is 5.73 Å². The zero-order valence-corrected chi connectivity index (χ0v) is 8.58. The summed E-state index contributed by atoms with van der Waals surface area (Å²) in [4.78, 5) is 11.2. The van der Waals surface area contributed by atoms with E-state index < -0.39 is 23.2 Å². The monoisotopic (exact) mass is 239 g/mol. The maximum atomic E-state index is 12.7. The third kappa shape index (κ3) is 1.95. The molecule has 2 aromatic rings. The Balaban J connectivity index is 2.87. The third-order valence-corrected chi connectivity index (χ3v) is 2.48. The highest BCUT2D eigenvalue weighted by Crippen LogP contribution is 2.35. The Kier molecular flexibility index (Phi) is 2.53. The summed E-state index contributed by atoms with van der Waals surface area (Å²) >= 11 is 0. The summed E-state index contributed by atoms with van der Waals surface area (Å²) in [6, 6.07) is 8.52. The first-order chi connectivity index (χ1) is 7.91. The van der Waals surface area contributed by atoms with Gasteiger partial charge < -0.3 is 5.73 Å². The number of carbonyl (C=O) groups excluding carboxylic acids is 1.